The van der Waals surface area contributed by atoms with Gasteiger partial charge in [-0.15, -0.1) is 0 Å². The van der Waals surface area contributed by atoms with E-state index in [2.05, 4.69) is 85.2 Å². The third kappa shape index (κ3) is 17.5. The van der Waals surface area contributed by atoms with Crippen LogP contribution in [0.1, 0.15) is 88.4 Å². The van der Waals surface area contributed by atoms with Crippen LogP contribution in [-0.4, -0.2) is 34.7 Å². The third-order valence-corrected chi connectivity index (χ3v) is 6.24. The van der Waals surface area contributed by atoms with E-state index in [1.165, 1.54) is 12.1 Å². The molecule has 42 heavy (non-hydrogen) atoms. The fourth-order valence-corrected chi connectivity index (χ4v) is 3.86. The van der Waals surface area contributed by atoms with E-state index in [9.17, 15) is 19.5 Å². The van der Waals surface area contributed by atoms with Crippen molar-refractivity contribution in [3.8, 4) is 5.75 Å². The molecule has 7 nitrogen and oxygen atoms in total. The Balaban J connectivity index is 2.18. The predicted octanol–water partition coefficient (Wildman–Crippen LogP) is 9.10. The normalized spacial score (nSPS) is 12.9. The minimum atomic E-state index is -1.31. The molecular weight excluding hydrogens is 530 g/mol. The molecule has 1 rings (SSSR count). The summed E-state index contributed by atoms with van der Waals surface area (Å²) in [6.45, 7) is 4.20. The Morgan fingerprint density at radius 2 is 1.33 bits per heavy atom. The quantitative estimate of drug-likeness (QED) is 0.0763. The number of aromatic hydroxyl groups is 1. The molecule has 1 aromatic carbocycles. The number of nitrogens with one attached hydrogen (secondary N) is 1. The Kier molecular flexibility index (Phi) is 20.1. The van der Waals surface area contributed by atoms with Gasteiger partial charge in [-0.2, -0.15) is 0 Å². The second-order valence-electron chi connectivity index (χ2n) is 9.62. The summed E-state index contributed by atoms with van der Waals surface area (Å²) in [4.78, 5) is 35.6. The summed E-state index contributed by atoms with van der Waals surface area (Å²) in [6, 6.07) is 3.69. The second kappa shape index (κ2) is 23.6. The van der Waals surface area contributed by atoms with Crippen molar-refractivity contribution in [2.75, 3.05) is 11.9 Å². The second-order valence-corrected chi connectivity index (χ2v) is 9.62. The zero-order valence-electron chi connectivity index (χ0n) is 25.0. The number of ketones is 1. The number of allylic oxidation sites excluding steroid dienone is 12. The minimum absolute atomic E-state index is 0.0603. The number of aromatic carboxylic acids is 1. The van der Waals surface area contributed by atoms with E-state index in [4.69, 9.17) is 9.84 Å². The first-order valence-corrected chi connectivity index (χ1v) is 14.8. The number of ether oxygens (including phenoxy) is 1. The van der Waals surface area contributed by atoms with Gasteiger partial charge < -0.3 is 14.9 Å². The molecule has 0 bridgehead atoms. The summed E-state index contributed by atoms with van der Waals surface area (Å²) in [5.74, 6) is -1.62. The van der Waals surface area contributed by atoms with Gasteiger partial charge in [-0.05, 0) is 76.0 Å². The van der Waals surface area contributed by atoms with Crippen LogP contribution >= 0.6 is 0 Å². The summed E-state index contributed by atoms with van der Waals surface area (Å²) in [7, 11) is 0. The monoisotopic (exact) mass is 577 g/mol. The number of rotatable bonds is 21. The molecule has 228 valence electrons. The first-order chi connectivity index (χ1) is 20.4. The molecule has 0 saturated heterocycles. The molecule has 1 amide bonds. The molecule has 0 saturated carbocycles. The van der Waals surface area contributed by atoms with E-state index in [0.29, 0.717) is 19.3 Å². The maximum absolute atomic E-state index is 12.6. The summed E-state index contributed by atoms with van der Waals surface area (Å²) in [6.07, 6.45) is 33.0. The Morgan fingerprint density at radius 3 is 1.83 bits per heavy atom. The maximum atomic E-state index is 12.6. The Morgan fingerprint density at radius 1 is 0.810 bits per heavy atom. The number of carboxylic acids is 1. The van der Waals surface area contributed by atoms with Crippen molar-refractivity contribution in [2.45, 2.75) is 78.1 Å². The van der Waals surface area contributed by atoms with Gasteiger partial charge in [-0.1, -0.05) is 86.8 Å². The van der Waals surface area contributed by atoms with E-state index in [0.717, 1.165) is 51.0 Å². The number of anilines is 1. The van der Waals surface area contributed by atoms with Crippen molar-refractivity contribution in [1.82, 2.24) is 0 Å². The van der Waals surface area contributed by atoms with Gasteiger partial charge in [0.1, 0.15) is 17.1 Å². The number of amides is 1. The average molecular weight is 578 g/mol. The molecule has 0 radical (unpaired) electrons. The van der Waals surface area contributed by atoms with Crippen LogP contribution in [0.5, 0.6) is 5.75 Å². The van der Waals surface area contributed by atoms with Gasteiger partial charge in [0.15, 0.2) is 0 Å². The SMILES string of the molecule is CC/C=C\C/C=C\C/C=C\C/C=C\C/C=C\C/C=C\CC(CC)C(=O)CCCOC(=O)Nc1ccc(O)c(C(=O)O)c1. The minimum Gasteiger partial charge on any atom is -0.507 e. The van der Waals surface area contributed by atoms with E-state index < -0.39 is 17.8 Å². The molecule has 0 aromatic heterocycles. The Hall–Kier alpha value is -4.13. The van der Waals surface area contributed by atoms with Gasteiger partial charge in [0.25, 0.3) is 0 Å². The van der Waals surface area contributed by atoms with Crippen molar-refractivity contribution >= 4 is 23.5 Å². The van der Waals surface area contributed by atoms with E-state index in [1.807, 2.05) is 6.92 Å². The highest BCUT2D eigenvalue weighted by Crippen LogP contribution is 2.21. The third-order valence-electron chi connectivity index (χ3n) is 6.24. The largest absolute Gasteiger partial charge is 0.507 e. The zero-order chi connectivity index (χ0) is 30.8. The van der Waals surface area contributed by atoms with Crippen molar-refractivity contribution < 1.29 is 29.3 Å². The van der Waals surface area contributed by atoms with Gasteiger partial charge >= 0.3 is 12.1 Å². The molecule has 0 aliphatic carbocycles. The number of phenols is 1. The standard InChI is InChI=1S/C35H47NO6/c1-3-5-6-7-8-9-10-11-12-13-14-15-16-17-18-19-20-21-23-29(4-2)32(37)24-22-27-42-35(41)36-30-25-26-33(38)31(28-30)34(39)40/h5-6,8-9,11-12,14-15,17-18,20-21,25-26,28-29,38H,3-4,7,10,13,16,19,22-24,27H2,1-2H3,(H,36,41)(H,39,40)/b6-5-,9-8-,12-11-,15-14-,18-17-,21-20-. The van der Waals surface area contributed by atoms with Crippen LogP contribution in [-0.2, 0) is 9.53 Å². The van der Waals surface area contributed by atoms with E-state index in [1.54, 1.807) is 0 Å². The van der Waals surface area contributed by atoms with E-state index in [-0.39, 0.29) is 29.6 Å². The number of carbonyl (C=O) groups is 3. The van der Waals surface area contributed by atoms with Gasteiger partial charge in [-0.3, -0.25) is 10.1 Å². The summed E-state index contributed by atoms with van der Waals surface area (Å²) >= 11 is 0. The smallest absolute Gasteiger partial charge is 0.411 e. The number of hydrogen-bond acceptors (Lipinski definition) is 5. The molecule has 7 heteroatoms. The lowest BCUT2D eigenvalue weighted by Gasteiger charge is -2.12. The fraction of sp³-hybridized carbons (Fsp3) is 0.400. The van der Waals surface area contributed by atoms with Gasteiger partial charge in [0.2, 0.25) is 0 Å². The summed E-state index contributed by atoms with van der Waals surface area (Å²) in [5, 5.41) is 21.0. The lowest BCUT2D eigenvalue weighted by Crippen LogP contribution is -2.17. The summed E-state index contributed by atoms with van der Waals surface area (Å²) < 4.78 is 5.09. The molecule has 0 aliphatic heterocycles. The molecule has 1 aromatic rings. The van der Waals surface area contributed by atoms with Crippen LogP contribution in [0.15, 0.2) is 91.1 Å². The first-order valence-electron chi connectivity index (χ1n) is 14.8. The predicted molar refractivity (Wildman–Crippen MR) is 171 cm³/mol. The fourth-order valence-electron chi connectivity index (χ4n) is 3.86. The zero-order valence-corrected chi connectivity index (χ0v) is 25.0. The molecule has 0 heterocycles. The van der Waals surface area contributed by atoms with Crippen LogP contribution in [0.2, 0.25) is 0 Å². The average Bonchev–Trinajstić information content (AvgIpc) is 2.97. The Bertz CT molecular complexity index is 1130. The topological polar surface area (TPSA) is 113 Å². The molecule has 0 spiro atoms. The lowest BCUT2D eigenvalue weighted by atomic mass is 9.94. The maximum Gasteiger partial charge on any atom is 0.411 e. The van der Waals surface area contributed by atoms with Crippen LogP contribution in [0, 0.1) is 5.92 Å². The van der Waals surface area contributed by atoms with Crippen molar-refractivity contribution in [2.24, 2.45) is 5.92 Å². The lowest BCUT2D eigenvalue weighted by molar-refractivity contribution is -0.123. The highest BCUT2D eigenvalue weighted by molar-refractivity contribution is 5.94. The molecule has 1 atom stereocenters. The highest BCUT2D eigenvalue weighted by atomic mass is 16.5. The molecule has 0 fully saturated rings. The summed E-state index contributed by atoms with van der Waals surface area (Å²) in [5.41, 5.74) is -0.135. The molecule has 0 aliphatic rings. The number of carbonyl (C=O) groups excluding carboxylic acids is 2. The number of carboxylic acid groups (broad SMARTS) is 1. The van der Waals surface area contributed by atoms with Crippen molar-refractivity contribution in [3.05, 3.63) is 96.7 Å². The molecular formula is C35H47NO6. The number of hydrogen-bond donors (Lipinski definition) is 3. The van der Waals surface area contributed by atoms with Crippen LogP contribution in [0.25, 0.3) is 0 Å². The molecule has 3 N–H and O–H groups in total. The van der Waals surface area contributed by atoms with Gasteiger partial charge in [0.05, 0.1) is 6.61 Å². The number of benzene rings is 1. The van der Waals surface area contributed by atoms with Crippen molar-refractivity contribution in [1.29, 1.82) is 0 Å². The van der Waals surface area contributed by atoms with Crippen molar-refractivity contribution in [3.63, 3.8) is 0 Å². The van der Waals surface area contributed by atoms with Crippen LogP contribution < -0.4 is 5.32 Å². The Labute approximate surface area is 251 Å². The van der Waals surface area contributed by atoms with Crippen LogP contribution in [0.4, 0.5) is 10.5 Å². The first kappa shape index (κ1) is 35.9. The van der Waals surface area contributed by atoms with E-state index >= 15 is 0 Å². The highest BCUT2D eigenvalue weighted by Gasteiger charge is 2.15. The van der Waals surface area contributed by atoms with Gasteiger partial charge in [0, 0.05) is 18.0 Å². The molecule has 1 unspecified atom stereocenters. The number of Topliss-reactive ketones (excluding diaryl/α,β-unsaturated/α-hetero) is 1. The van der Waals surface area contributed by atoms with Crippen LogP contribution in [0.3, 0.4) is 0 Å². The van der Waals surface area contributed by atoms with Gasteiger partial charge in [-0.25, -0.2) is 9.59 Å².